The van der Waals surface area contributed by atoms with Crippen molar-refractivity contribution in [2.24, 2.45) is 0 Å². The van der Waals surface area contributed by atoms with Crippen LogP contribution in [0.4, 0.5) is 4.39 Å². The first-order valence-corrected chi connectivity index (χ1v) is 5.58. The molecular weight excluding hydrogens is 219 g/mol. The minimum Gasteiger partial charge on any atom is -0.349 e. The van der Waals surface area contributed by atoms with Crippen LogP contribution in [0.1, 0.15) is 23.2 Å². The highest BCUT2D eigenvalue weighted by molar-refractivity contribution is 5.97. The molecule has 0 saturated heterocycles. The van der Waals surface area contributed by atoms with E-state index in [0.29, 0.717) is 17.1 Å². The molecule has 4 heteroatoms. The van der Waals surface area contributed by atoms with Gasteiger partial charge in [0.1, 0.15) is 5.82 Å². The Morgan fingerprint density at radius 1 is 1.35 bits per heavy atom. The summed E-state index contributed by atoms with van der Waals surface area (Å²) in [5, 5.41) is 3.67. The summed E-state index contributed by atoms with van der Waals surface area (Å²) < 4.78 is 13.0. The lowest BCUT2D eigenvalue weighted by Gasteiger charge is -2.04. The molecule has 0 bridgehead atoms. The van der Waals surface area contributed by atoms with Crippen molar-refractivity contribution < 1.29 is 9.18 Å². The fourth-order valence-corrected chi connectivity index (χ4v) is 1.72. The molecule has 1 aromatic heterocycles. The number of fused-ring (bicyclic) bond motifs is 1. The summed E-state index contributed by atoms with van der Waals surface area (Å²) in [6, 6.07) is 6.42. The number of amides is 1. The predicted molar refractivity (Wildman–Crippen MR) is 62.2 cm³/mol. The van der Waals surface area contributed by atoms with Gasteiger partial charge in [-0.05, 0) is 31.0 Å². The van der Waals surface area contributed by atoms with Gasteiger partial charge in [-0.15, -0.1) is 0 Å². The monoisotopic (exact) mass is 230 g/mol. The molecule has 1 aliphatic carbocycles. The van der Waals surface area contributed by atoms with E-state index in [0.717, 1.165) is 18.2 Å². The van der Waals surface area contributed by atoms with Gasteiger partial charge in [0, 0.05) is 23.7 Å². The molecule has 0 atom stereocenters. The van der Waals surface area contributed by atoms with Crippen LogP contribution in [0.3, 0.4) is 0 Å². The number of hydrogen-bond donors (Lipinski definition) is 1. The lowest BCUT2D eigenvalue weighted by atomic mass is 10.1. The third-order valence-corrected chi connectivity index (χ3v) is 2.82. The van der Waals surface area contributed by atoms with Gasteiger partial charge in [-0.2, -0.15) is 0 Å². The molecule has 1 aliphatic rings. The van der Waals surface area contributed by atoms with E-state index in [1.54, 1.807) is 12.1 Å². The number of rotatable bonds is 2. The molecule has 1 amide bonds. The highest BCUT2D eigenvalue weighted by Crippen LogP contribution is 2.20. The van der Waals surface area contributed by atoms with E-state index in [4.69, 9.17) is 0 Å². The molecule has 0 aliphatic heterocycles. The van der Waals surface area contributed by atoms with Crippen LogP contribution in [-0.2, 0) is 0 Å². The molecule has 1 fully saturated rings. The molecule has 3 nitrogen and oxygen atoms in total. The second-order valence-electron chi connectivity index (χ2n) is 4.31. The Kier molecular flexibility index (Phi) is 2.28. The number of hydrogen-bond acceptors (Lipinski definition) is 2. The van der Waals surface area contributed by atoms with Crippen LogP contribution in [0.5, 0.6) is 0 Å². The Hall–Kier alpha value is -1.97. The molecule has 1 N–H and O–H groups in total. The predicted octanol–water partition coefficient (Wildman–Crippen LogP) is 2.27. The maximum atomic E-state index is 13.0. The van der Waals surface area contributed by atoms with Crippen LogP contribution in [0, 0.1) is 5.82 Å². The van der Waals surface area contributed by atoms with Gasteiger partial charge in [0.15, 0.2) is 0 Å². The van der Waals surface area contributed by atoms with Crippen LogP contribution >= 0.6 is 0 Å². The minimum absolute atomic E-state index is 0.105. The van der Waals surface area contributed by atoms with Gasteiger partial charge < -0.3 is 5.32 Å². The average molecular weight is 230 g/mol. The number of aromatic nitrogens is 1. The number of carbonyl (C=O) groups is 1. The van der Waals surface area contributed by atoms with E-state index in [9.17, 15) is 9.18 Å². The molecule has 0 radical (unpaired) electrons. The van der Waals surface area contributed by atoms with Gasteiger partial charge in [-0.1, -0.05) is 0 Å². The molecular formula is C13H11FN2O. The first-order chi connectivity index (χ1) is 8.22. The summed E-state index contributed by atoms with van der Waals surface area (Å²) in [6.07, 6.45) is 3.59. The Labute approximate surface area is 97.7 Å². The average Bonchev–Trinajstić information content (AvgIpc) is 3.12. The van der Waals surface area contributed by atoms with Crippen molar-refractivity contribution in [3.63, 3.8) is 0 Å². The first kappa shape index (κ1) is 10.2. The van der Waals surface area contributed by atoms with Crippen LogP contribution in [0.2, 0.25) is 0 Å². The molecule has 0 unspecified atom stereocenters. The molecule has 2 aromatic rings. The van der Waals surface area contributed by atoms with Gasteiger partial charge in [-0.3, -0.25) is 9.78 Å². The normalized spacial score (nSPS) is 14.9. The van der Waals surface area contributed by atoms with Crippen molar-refractivity contribution in [3.8, 4) is 0 Å². The third kappa shape index (κ3) is 2.11. The molecule has 17 heavy (non-hydrogen) atoms. The van der Waals surface area contributed by atoms with E-state index in [1.807, 2.05) is 0 Å². The van der Waals surface area contributed by atoms with E-state index < -0.39 is 0 Å². The lowest BCUT2D eigenvalue weighted by molar-refractivity contribution is 0.0951. The fraction of sp³-hybridized carbons (Fsp3) is 0.231. The standard InChI is InChI=1S/C13H11FN2O/c14-10-2-1-8-5-9(7-15-12(8)6-10)13(17)16-11-3-4-11/h1-2,5-7,11H,3-4H2,(H,16,17). The maximum absolute atomic E-state index is 13.0. The van der Waals surface area contributed by atoms with Gasteiger partial charge in [-0.25, -0.2) is 4.39 Å². The maximum Gasteiger partial charge on any atom is 0.253 e. The Morgan fingerprint density at radius 2 is 2.18 bits per heavy atom. The number of nitrogens with one attached hydrogen (secondary N) is 1. The zero-order valence-electron chi connectivity index (χ0n) is 9.11. The van der Waals surface area contributed by atoms with E-state index in [-0.39, 0.29) is 11.7 Å². The van der Waals surface area contributed by atoms with Gasteiger partial charge in [0.25, 0.3) is 5.91 Å². The molecule has 1 saturated carbocycles. The molecule has 3 rings (SSSR count). The molecule has 86 valence electrons. The number of halogens is 1. The Bertz CT molecular complexity index is 593. The van der Waals surface area contributed by atoms with Gasteiger partial charge in [0.05, 0.1) is 11.1 Å². The Balaban J connectivity index is 1.95. The van der Waals surface area contributed by atoms with Crippen molar-refractivity contribution in [3.05, 3.63) is 41.8 Å². The van der Waals surface area contributed by atoms with Crippen LogP contribution in [-0.4, -0.2) is 16.9 Å². The van der Waals surface area contributed by atoms with Crippen molar-refractivity contribution >= 4 is 16.8 Å². The summed E-state index contributed by atoms with van der Waals surface area (Å²) in [5.74, 6) is -0.425. The Morgan fingerprint density at radius 3 is 2.94 bits per heavy atom. The van der Waals surface area contributed by atoms with Crippen LogP contribution in [0.25, 0.3) is 10.9 Å². The van der Waals surface area contributed by atoms with Gasteiger partial charge >= 0.3 is 0 Å². The SMILES string of the molecule is O=C(NC1CC1)c1cnc2cc(F)ccc2c1. The largest absolute Gasteiger partial charge is 0.349 e. The summed E-state index contributed by atoms with van der Waals surface area (Å²) in [5.41, 5.74) is 1.09. The number of benzene rings is 1. The number of carbonyl (C=O) groups excluding carboxylic acids is 1. The second kappa shape index (κ2) is 3.80. The molecule has 0 spiro atoms. The van der Waals surface area contributed by atoms with Crippen molar-refractivity contribution in [2.75, 3.05) is 0 Å². The van der Waals surface area contributed by atoms with Crippen molar-refractivity contribution in [1.29, 1.82) is 0 Å². The molecule has 1 aromatic carbocycles. The van der Waals surface area contributed by atoms with E-state index in [2.05, 4.69) is 10.3 Å². The summed E-state index contributed by atoms with van der Waals surface area (Å²) in [6.45, 7) is 0. The zero-order chi connectivity index (χ0) is 11.8. The highest BCUT2D eigenvalue weighted by Gasteiger charge is 2.23. The van der Waals surface area contributed by atoms with Crippen LogP contribution < -0.4 is 5.32 Å². The summed E-state index contributed by atoms with van der Waals surface area (Å²) >= 11 is 0. The number of pyridine rings is 1. The first-order valence-electron chi connectivity index (χ1n) is 5.58. The lowest BCUT2D eigenvalue weighted by Crippen LogP contribution is -2.25. The third-order valence-electron chi connectivity index (χ3n) is 2.82. The molecule has 1 heterocycles. The zero-order valence-corrected chi connectivity index (χ0v) is 9.11. The summed E-state index contributed by atoms with van der Waals surface area (Å²) in [7, 11) is 0. The minimum atomic E-state index is -0.319. The summed E-state index contributed by atoms with van der Waals surface area (Å²) in [4.78, 5) is 15.9. The van der Waals surface area contributed by atoms with E-state index >= 15 is 0 Å². The van der Waals surface area contributed by atoms with E-state index in [1.165, 1.54) is 18.3 Å². The highest BCUT2D eigenvalue weighted by atomic mass is 19.1. The van der Waals surface area contributed by atoms with Crippen LogP contribution in [0.15, 0.2) is 30.5 Å². The second-order valence-corrected chi connectivity index (χ2v) is 4.31. The van der Waals surface area contributed by atoms with Crippen molar-refractivity contribution in [2.45, 2.75) is 18.9 Å². The quantitative estimate of drug-likeness (QED) is 0.859. The van der Waals surface area contributed by atoms with Gasteiger partial charge in [0.2, 0.25) is 0 Å². The smallest absolute Gasteiger partial charge is 0.253 e. The number of nitrogens with zero attached hydrogens (tertiary/aromatic N) is 1. The fourth-order valence-electron chi connectivity index (χ4n) is 1.72. The topological polar surface area (TPSA) is 42.0 Å². The van der Waals surface area contributed by atoms with Crippen molar-refractivity contribution in [1.82, 2.24) is 10.3 Å².